The Kier molecular flexibility index (Phi) is 4.77. The fraction of sp³-hybridized carbons (Fsp3) is 0.458. The number of aromatic nitrogens is 1. The van der Waals surface area contributed by atoms with E-state index in [0.717, 1.165) is 49.7 Å². The molecular formula is C24H29BN2O3. The molecule has 0 spiro atoms. The maximum absolute atomic E-state index is 6.27. The number of nitrogens with zero attached hydrogens (tertiary/aromatic N) is 2. The molecule has 30 heavy (non-hydrogen) atoms. The van der Waals surface area contributed by atoms with E-state index in [9.17, 15) is 0 Å². The van der Waals surface area contributed by atoms with Crippen LogP contribution in [0.4, 0.5) is 5.82 Å². The first-order valence-corrected chi connectivity index (χ1v) is 10.8. The summed E-state index contributed by atoms with van der Waals surface area (Å²) in [6, 6.07) is 12.8. The van der Waals surface area contributed by atoms with E-state index in [4.69, 9.17) is 19.0 Å². The zero-order chi connectivity index (χ0) is 20.9. The lowest BCUT2D eigenvalue weighted by atomic mass is 9.77. The lowest BCUT2D eigenvalue weighted by Crippen LogP contribution is -2.41. The third-order valence-electron chi connectivity index (χ3n) is 6.82. The van der Waals surface area contributed by atoms with Gasteiger partial charge in [-0.1, -0.05) is 30.3 Å². The highest BCUT2D eigenvalue weighted by molar-refractivity contribution is 6.62. The van der Waals surface area contributed by atoms with E-state index >= 15 is 0 Å². The van der Waals surface area contributed by atoms with Crippen molar-refractivity contribution in [1.82, 2.24) is 4.98 Å². The van der Waals surface area contributed by atoms with Gasteiger partial charge >= 0.3 is 7.12 Å². The standard InChI is InChI=1S/C24H29BN2O3/c1-23(2)24(3,4)30-25(29-23)18-10-8-17-9-11-19(20(17)16-18)21-6-5-7-22(26-21)27-12-14-28-15-13-27/h5-8,10-11,16H,9,12-15H2,1-4H3. The summed E-state index contributed by atoms with van der Waals surface area (Å²) in [4.78, 5) is 7.29. The lowest BCUT2D eigenvalue weighted by molar-refractivity contribution is 0.00578. The maximum Gasteiger partial charge on any atom is 0.494 e. The number of hydrogen-bond acceptors (Lipinski definition) is 5. The number of pyridine rings is 1. The van der Waals surface area contributed by atoms with Gasteiger partial charge in [0.05, 0.1) is 30.1 Å². The zero-order valence-corrected chi connectivity index (χ0v) is 18.3. The summed E-state index contributed by atoms with van der Waals surface area (Å²) in [5, 5.41) is 0. The van der Waals surface area contributed by atoms with Gasteiger partial charge in [-0.15, -0.1) is 0 Å². The highest BCUT2D eigenvalue weighted by Gasteiger charge is 2.51. The van der Waals surface area contributed by atoms with Crippen LogP contribution in [0.2, 0.25) is 0 Å². The Morgan fingerprint density at radius 1 is 0.967 bits per heavy atom. The van der Waals surface area contributed by atoms with E-state index in [1.807, 2.05) is 0 Å². The summed E-state index contributed by atoms with van der Waals surface area (Å²) in [6.45, 7) is 11.7. The molecule has 1 aliphatic carbocycles. The molecule has 0 radical (unpaired) electrons. The van der Waals surface area contributed by atoms with Crippen LogP contribution in [-0.4, -0.2) is 49.6 Å². The molecule has 5 nitrogen and oxygen atoms in total. The molecule has 6 heteroatoms. The van der Waals surface area contributed by atoms with Gasteiger partial charge in [0.2, 0.25) is 0 Å². The van der Waals surface area contributed by atoms with Gasteiger partial charge in [-0.3, -0.25) is 0 Å². The van der Waals surface area contributed by atoms with Crippen molar-refractivity contribution in [2.24, 2.45) is 0 Å². The molecule has 2 fully saturated rings. The average Bonchev–Trinajstić information content (AvgIpc) is 3.26. The Labute approximate surface area is 179 Å². The normalized spacial score (nSPS) is 22.2. The predicted octanol–water partition coefficient (Wildman–Crippen LogP) is 3.21. The van der Waals surface area contributed by atoms with Gasteiger partial charge in [-0.05, 0) is 62.8 Å². The number of benzene rings is 1. The number of ether oxygens (including phenoxy) is 1. The van der Waals surface area contributed by atoms with Crippen LogP contribution in [0.25, 0.3) is 5.57 Å². The minimum atomic E-state index is -0.352. The number of morpholine rings is 1. The molecule has 3 aliphatic rings. The predicted molar refractivity (Wildman–Crippen MR) is 120 cm³/mol. The molecule has 0 amide bonds. The molecule has 0 atom stereocenters. The van der Waals surface area contributed by atoms with Gasteiger partial charge < -0.3 is 18.9 Å². The van der Waals surface area contributed by atoms with Gasteiger partial charge in [0.25, 0.3) is 0 Å². The van der Waals surface area contributed by atoms with Gasteiger partial charge in [0.15, 0.2) is 0 Å². The van der Waals surface area contributed by atoms with E-state index in [-0.39, 0.29) is 18.3 Å². The third-order valence-corrected chi connectivity index (χ3v) is 6.82. The second-order valence-corrected chi connectivity index (χ2v) is 9.31. The van der Waals surface area contributed by atoms with E-state index in [1.165, 1.54) is 16.7 Å². The Bertz CT molecular complexity index is 980. The first-order valence-electron chi connectivity index (χ1n) is 10.8. The quantitative estimate of drug-likeness (QED) is 0.736. The second-order valence-electron chi connectivity index (χ2n) is 9.31. The van der Waals surface area contributed by atoms with Crippen LogP contribution in [0.5, 0.6) is 0 Å². The molecule has 0 unspecified atom stereocenters. The average molecular weight is 404 g/mol. The van der Waals surface area contributed by atoms with Crippen LogP contribution in [-0.2, 0) is 20.5 Å². The van der Waals surface area contributed by atoms with Crippen LogP contribution in [0.15, 0.2) is 42.5 Å². The second kappa shape index (κ2) is 7.22. The number of hydrogen-bond donors (Lipinski definition) is 0. The summed E-state index contributed by atoms with van der Waals surface area (Å²) in [6.07, 6.45) is 3.21. The topological polar surface area (TPSA) is 43.8 Å². The fourth-order valence-corrected chi connectivity index (χ4v) is 4.25. The summed E-state index contributed by atoms with van der Waals surface area (Å²) in [7, 11) is -0.352. The number of rotatable bonds is 3. The third kappa shape index (κ3) is 3.37. The Morgan fingerprint density at radius 3 is 2.43 bits per heavy atom. The highest BCUT2D eigenvalue weighted by Crippen LogP contribution is 2.37. The van der Waals surface area contributed by atoms with Crippen molar-refractivity contribution in [1.29, 1.82) is 0 Å². The Morgan fingerprint density at radius 2 is 1.70 bits per heavy atom. The van der Waals surface area contributed by atoms with E-state index in [2.05, 4.69) is 75.1 Å². The Balaban J connectivity index is 1.44. The van der Waals surface area contributed by atoms with Gasteiger partial charge in [-0.2, -0.15) is 0 Å². The molecule has 2 aliphatic heterocycles. The minimum Gasteiger partial charge on any atom is -0.399 e. The van der Waals surface area contributed by atoms with Crippen molar-refractivity contribution in [2.45, 2.75) is 45.3 Å². The van der Waals surface area contributed by atoms with Crippen molar-refractivity contribution >= 4 is 24.0 Å². The van der Waals surface area contributed by atoms with Crippen LogP contribution in [0.1, 0.15) is 44.5 Å². The monoisotopic (exact) mass is 404 g/mol. The fourth-order valence-electron chi connectivity index (χ4n) is 4.25. The van der Waals surface area contributed by atoms with Crippen LogP contribution >= 0.6 is 0 Å². The van der Waals surface area contributed by atoms with Crippen molar-refractivity contribution in [2.75, 3.05) is 31.2 Å². The molecule has 0 saturated carbocycles. The molecule has 2 saturated heterocycles. The number of allylic oxidation sites excluding steroid dienone is 1. The van der Waals surface area contributed by atoms with Crippen molar-refractivity contribution in [3.63, 3.8) is 0 Å². The van der Waals surface area contributed by atoms with Crippen LogP contribution in [0.3, 0.4) is 0 Å². The van der Waals surface area contributed by atoms with Crippen molar-refractivity contribution in [3.8, 4) is 0 Å². The SMILES string of the molecule is CC1(C)OB(c2ccc3c(c2)C(c2cccc(N4CCOCC4)n2)=CC3)OC1(C)C. The molecule has 0 N–H and O–H groups in total. The number of anilines is 1. The van der Waals surface area contributed by atoms with E-state index < -0.39 is 0 Å². The minimum absolute atomic E-state index is 0.344. The highest BCUT2D eigenvalue weighted by atomic mass is 16.7. The molecule has 5 rings (SSSR count). The maximum atomic E-state index is 6.27. The van der Waals surface area contributed by atoms with Gasteiger partial charge in [-0.25, -0.2) is 4.98 Å². The zero-order valence-electron chi connectivity index (χ0n) is 18.3. The van der Waals surface area contributed by atoms with Crippen LogP contribution in [0, 0.1) is 0 Å². The van der Waals surface area contributed by atoms with Gasteiger partial charge in [0.1, 0.15) is 5.82 Å². The number of fused-ring (bicyclic) bond motifs is 1. The van der Waals surface area contributed by atoms with Crippen LogP contribution < -0.4 is 10.4 Å². The first-order chi connectivity index (χ1) is 14.3. The van der Waals surface area contributed by atoms with Crippen molar-refractivity contribution < 1.29 is 14.0 Å². The van der Waals surface area contributed by atoms with E-state index in [1.54, 1.807) is 0 Å². The van der Waals surface area contributed by atoms with E-state index in [0.29, 0.717) is 0 Å². The summed E-state index contributed by atoms with van der Waals surface area (Å²) in [5.74, 6) is 1.02. The summed E-state index contributed by atoms with van der Waals surface area (Å²) >= 11 is 0. The molecule has 156 valence electrons. The summed E-state index contributed by atoms with van der Waals surface area (Å²) in [5.41, 5.74) is 5.14. The molecule has 0 bridgehead atoms. The molecular weight excluding hydrogens is 375 g/mol. The lowest BCUT2D eigenvalue weighted by Gasteiger charge is -2.32. The molecule has 1 aromatic heterocycles. The van der Waals surface area contributed by atoms with Gasteiger partial charge in [0, 0.05) is 18.7 Å². The summed E-state index contributed by atoms with van der Waals surface area (Å²) < 4.78 is 18.0. The smallest absolute Gasteiger partial charge is 0.399 e. The van der Waals surface area contributed by atoms with Crippen molar-refractivity contribution in [3.05, 3.63) is 59.3 Å². The molecule has 2 aromatic rings. The first kappa shape index (κ1) is 19.8. The molecule has 3 heterocycles. The Hall–Kier alpha value is -2.15. The largest absolute Gasteiger partial charge is 0.494 e. The molecule has 1 aromatic carbocycles.